The Morgan fingerprint density at radius 1 is 0.600 bits per heavy atom. The van der Waals surface area contributed by atoms with E-state index in [0.717, 1.165) is 0 Å². The molecule has 0 N–H and O–H groups in total. The molecule has 0 aliphatic rings. The molecular weight excluding hydrogens is 215 g/mol. The van der Waals surface area contributed by atoms with Crippen molar-refractivity contribution in [3.8, 4) is 0 Å². The van der Waals surface area contributed by atoms with Gasteiger partial charge in [0.25, 0.3) is 0 Å². The molecule has 0 bridgehead atoms. The van der Waals surface area contributed by atoms with Crippen LogP contribution in [0.1, 0.15) is 0 Å². The molecule has 0 radical (unpaired) electrons. The summed E-state index contributed by atoms with van der Waals surface area (Å²) in [6.07, 6.45) is 7.00. The topological polar surface area (TPSA) is 25.8 Å². The minimum absolute atomic E-state index is 0. The average molecular weight is 228 g/mol. The quantitative estimate of drug-likeness (QED) is 0.510. The number of rotatable bonds is 0. The molecule has 74 valence electrons. The maximum absolute atomic E-state index is 3.83. The molecule has 4 heteroatoms. The second-order valence-electron chi connectivity index (χ2n) is 2.05. The molecule has 15 heavy (non-hydrogen) atoms. The van der Waals surface area contributed by atoms with Crippen molar-refractivity contribution in [2.75, 3.05) is 0 Å². The van der Waals surface area contributed by atoms with Gasteiger partial charge in [0.05, 0.1) is 0 Å². The van der Waals surface area contributed by atoms with Gasteiger partial charge >= 0.3 is 29.6 Å². The van der Waals surface area contributed by atoms with E-state index >= 15 is 0 Å². The number of hydrogen-bond donors (Lipinski definition) is 0. The summed E-state index contributed by atoms with van der Waals surface area (Å²) < 4.78 is 0. The fraction of sp³-hybridized carbons (Fsp3) is 0. The number of thiocarbonyl (C=S) groups is 1. The molecule has 0 aromatic carbocycles. The Morgan fingerprint density at radius 2 is 0.867 bits per heavy atom. The van der Waals surface area contributed by atoms with Crippen LogP contribution in [0.5, 0.6) is 0 Å². The van der Waals surface area contributed by atoms with E-state index in [9.17, 15) is 0 Å². The Labute approximate surface area is 118 Å². The van der Waals surface area contributed by atoms with Gasteiger partial charge in [0.1, 0.15) is 0 Å². The molecule has 0 aliphatic carbocycles. The summed E-state index contributed by atoms with van der Waals surface area (Å²) in [6, 6.07) is 11.4. The number of aromatic nitrogens is 2. The van der Waals surface area contributed by atoms with Gasteiger partial charge in [0, 0.05) is 24.8 Å². The van der Waals surface area contributed by atoms with Crippen LogP contribution in [0.15, 0.2) is 61.2 Å². The van der Waals surface area contributed by atoms with E-state index in [2.05, 4.69) is 28.1 Å². The zero-order valence-corrected chi connectivity index (χ0v) is 8.60. The van der Waals surface area contributed by atoms with Crippen molar-refractivity contribution in [3.05, 3.63) is 61.2 Å². The Bertz CT molecular complexity index is 207. The fourth-order valence-corrected chi connectivity index (χ4v) is 0.625. The molecule has 0 aliphatic heterocycles. The smallest absolute Gasteiger partial charge is 0.0267 e. The molecule has 0 saturated carbocycles. The third kappa shape index (κ3) is 13.4. The van der Waals surface area contributed by atoms with Crippen molar-refractivity contribution >= 4 is 47.6 Å². The second kappa shape index (κ2) is 15.8. The Balaban J connectivity index is 0. The van der Waals surface area contributed by atoms with Gasteiger partial charge in [0.2, 0.25) is 0 Å². The van der Waals surface area contributed by atoms with Crippen molar-refractivity contribution in [2.24, 2.45) is 0 Å². The number of pyridine rings is 2. The van der Waals surface area contributed by atoms with Crippen LogP contribution < -0.4 is 0 Å². The van der Waals surface area contributed by atoms with Crippen LogP contribution in [0.4, 0.5) is 0 Å². The summed E-state index contributed by atoms with van der Waals surface area (Å²) in [5.74, 6) is 2.83. The molecule has 0 spiro atoms. The van der Waals surface area contributed by atoms with Crippen LogP contribution in [0.2, 0.25) is 0 Å². The van der Waals surface area contributed by atoms with Gasteiger partial charge in [-0.25, -0.2) is 0 Å². The summed E-state index contributed by atoms with van der Waals surface area (Å²) in [4.78, 5) is 7.57. The zero-order chi connectivity index (χ0) is 10.5. The maximum atomic E-state index is 3.83. The first-order chi connectivity index (χ1) is 7.00. The molecule has 0 fully saturated rings. The summed E-state index contributed by atoms with van der Waals surface area (Å²) in [6.45, 7) is 0. The summed E-state index contributed by atoms with van der Waals surface area (Å²) in [7, 11) is 0. The first kappa shape index (κ1) is 16.8. The van der Waals surface area contributed by atoms with E-state index in [4.69, 9.17) is 0 Å². The van der Waals surface area contributed by atoms with Crippen molar-refractivity contribution in [3.63, 3.8) is 0 Å². The molecular formula is C11H13N2NaS. The van der Waals surface area contributed by atoms with E-state index in [0.29, 0.717) is 0 Å². The molecule has 2 aromatic rings. The molecule has 2 nitrogen and oxygen atoms in total. The van der Waals surface area contributed by atoms with Crippen LogP contribution in [-0.4, -0.2) is 45.4 Å². The van der Waals surface area contributed by atoms with Crippen LogP contribution in [-0.2, 0) is 0 Å². The monoisotopic (exact) mass is 228 g/mol. The predicted octanol–water partition coefficient (Wildman–Crippen LogP) is 2.13. The Kier molecular flexibility index (Phi) is 17.8. The third-order valence-corrected chi connectivity index (χ3v) is 1.13. The van der Waals surface area contributed by atoms with Crippen molar-refractivity contribution in [1.29, 1.82) is 0 Å². The summed E-state index contributed by atoms with van der Waals surface area (Å²) in [5.41, 5.74) is 0. The van der Waals surface area contributed by atoms with Crippen molar-refractivity contribution < 1.29 is 0 Å². The Hall–Kier alpha value is -0.610. The van der Waals surface area contributed by atoms with Gasteiger partial charge in [-0.3, -0.25) is 9.97 Å². The average Bonchev–Trinajstić information content (AvgIpc) is 2.37. The maximum Gasteiger partial charge on any atom is 0.0267 e. The molecule has 2 aromatic heterocycles. The van der Waals surface area contributed by atoms with Crippen LogP contribution >= 0.6 is 12.2 Å². The third-order valence-electron chi connectivity index (χ3n) is 1.13. The number of nitrogens with zero attached hydrogens (tertiary/aromatic N) is 2. The van der Waals surface area contributed by atoms with Crippen LogP contribution in [0.3, 0.4) is 0 Å². The van der Waals surface area contributed by atoms with Gasteiger partial charge in [0.15, 0.2) is 0 Å². The standard InChI is InChI=1S/2C5H5N.CH2S.Na.H/c2*1-2-4-6-5-3-1;1-2;;/h2*1-5H;1H2;;. The van der Waals surface area contributed by atoms with Gasteiger partial charge in [-0.05, 0) is 30.1 Å². The van der Waals surface area contributed by atoms with E-state index in [-0.39, 0.29) is 29.6 Å². The van der Waals surface area contributed by atoms with Gasteiger partial charge < -0.3 is 0 Å². The fourth-order valence-electron chi connectivity index (χ4n) is 0.625. The normalized spacial score (nSPS) is 6.67. The first-order valence-electron chi connectivity index (χ1n) is 3.99. The van der Waals surface area contributed by atoms with E-state index in [1.165, 1.54) is 0 Å². The van der Waals surface area contributed by atoms with Gasteiger partial charge in [-0.15, -0.1) is 0 Å². The molecule has 0 unspecified atom stereocenters. The first-order valence-corrected chi connectivity index (χ1v) is 4.57. The SMILES string of the molecule is C=S.[NaH].c1ccncc1.c1ccncc1. The Morgan fingerprint density at radius 3 is 0.933 bits per heavy atom. The molecule has 2 heterocycles. The van der Waals surface area contributed by atoms with E-state index in [1.807, 2.05) is 36.4 Å². The van der Waals surface area contributed by atoms with Gasteiger partial charge in [-0.1, -0.05) is 24.4 Å². The van der Waals surface area contributed by atoms with Crippen LogP contribution in [0, 0.1) is 0 Å². The van der Waals surface area contributed by atoms with Crippen LogP contribution in [0.25, 0.3) is 0 Å². The summed E-state index contributed by atoms with van der Waals surface area (Å²) >= 11 is 3.83. The molecule has 0 atom stereocenters. The molecule has 2 rings (SSSR count). The second-order valence-corrected chi connectivity index (χ2v) is 2.05. The number of hydrogen-bond acceptors (Lipinski definition) is 3. The minimum Gasteiger partial charge on any atom is -0.265 e. The largest absolute Gasteiger partial charge is 0.265 e. The van der Waals surface area contributed by atoms with Crippen molar-refractivity contribution in [2.45, 2.75) is 0 Å². The summed E-state index contributed by atoms with van der Waals surface area (Å²) in [5, 5.41) is 0. The molecule has 0 amide bonds. The van der Waals surface area contributed by atoms with Crippen molar-refractivity contribution in [1.82, 2.24) is 9.97 Å². The predicted molar refractivity (Wildman–Crippen MR) is 70.3 cm³/mol. The van der Waals surface area contributed by atoms with Gasteiger partial charge in [-0.2, -0.15) is 0 Å². The van der Waals surface area contributed by atoms with E-state index < -0.39 is 0 Å². The minimum atomic E-state index is 0. The van der Waals surface area contributed by atoms with E-state index in [1.54, 1.807) is 24.8 Å². The molecule has 0 saturated heterocycles. The zero-order valence-electron chi connectivity index (χ0n) is 7.78.